The number of nitrogens with one attached hydrogen (secondary N) is 1. The first-order valence-corrected chi connectivity index (χ1v) is 6.50. The van der Waals surface area contributed by atoms with E-state index >= 15 is 0 Å². The molecule has 0 unspecified atom stereocenters. The van der Waals surface area contributed by atoms with Crippen LogP contribution in [0.25, 0.3) is 0 Å². The van der Waals surface area contributed by atoms with E-state index in [4.69, 9.17) is 9.84 Å². The van der Waals surface area contributed by atoms with Gasteiger partial charge in [-0.1, -0.05) is 18.9 Å². The molecule has 1 saturated carbocycles. The Morgan fingerprint density at radius 1 is 1.42 bits per heavy atom. The second-order valence-electron chi connectivity index (χ2n) is 4.76. The Bertz CT molecular complexity index is 444. The highest BCUT2D eigenvalue weighted by molar-refractivity contribution is 5.77. The first kappa shape index (κ1) is 13.8. The molecule has 4 nitrogen and oxygen atoms in total. The SMILES string of the molecule is O=C(COc1ccc(CO)cc1F)NC1CCCC1. The van der Waals surface area contributed by atoms with Crippen molar-refractivity contribution in [3.8, 4) is 5.75 Å². The predicted octanol–water partition coefficient (Wildman–Crippen LogP) is 1.76. The van der Waals surface area contributed by atoms with Crippen LogP contribution in [0.4, 0.5) is 4.39 Å². The molecule has 2 N–H and O–H groups in total. The van der Waals surface area contributed by atoms with Crippen molar-refractivity contribution in [3.63, 3.8) is 0 Å². The molecule has 5 heteroatoms. The lowest BCUT2D eigenvalue weighted by Crippen LogP contribution is -2.36. The van der Waals surface area contributed by atoms with Crippen molar-refractivity contribution >= 4 is 5.91 Å². The Balaban J connectivity index is 1.82. The number of aliphatic hydroxyl groups is 1. The summed E-state index contributed by atoms with van der Waals surface area (Å²) in [4.78, 5) is 11.6. The quantitative estimate of drug-likeness (QED) is 0.854. The van der Waals surface area contributed by atoms with Crippen molar-refractivity contribution in [2.24, 2.45) is 0 Å². The summed E-state index contributed by atoms with van der Waals surface area (Å²) in [6.45, 7) is -0.411. The highest BCUT2D eigenvalue weighted by Gasteiger charge is 2.17. The molecule has 1 fully saturated rings. The Hall–Kier alpha value is -1.62. The lowest BCUT2D eigenvalue weighted by Gasteiger charge is -2.13. The largest absolute Gasteiger partial charge is 0.481 e. The average molecular weight is 267 g/mol. The van der Waals surface area contributed by atoms with Gasteiger partial charge in [-0.3, -0.25) is 4.79 Å². The first-order chi connectivity index (χ1) is 9.19. The minimum absolute atomic E-state index is 0.0266. The van der Waals surface area contributed by atoms with Crippen molar-refractivity contribution in [2.45, 2.75) is 38.3 Å². The van der Waals surface area contributed by atoms with Gasteiger partial charge in [0.25, 0.3) is 5.91 Å². The summed E-state index contributed by atoms with van der Waals surface area (Å²) in [6.07, 6.45) is 4.29. The fraction of sp³-hybridized carbons (Fsp3) is 0.500. The smallest absolute Gasteiger partial charge is 0.258 e. The zero-order valence-corrected chi connectivity index (χ0v) is 10.7. The number of aliphatic hydroxyl groups excluding tert-OH is 1. The van der Waals surface area contributed by atoms with E-state index in [-0.39, 0.29) is 30.9 Å². The summed E-state index contributed by atoms with van der Waals surface area (Å²) >= 11 is 0. The third-order valence-corrected chi connectivity index (χ3v) is 3.26. The van der Waals surface area contributed by atoms with E-state index in [2.05, 4.69) is 5.32 Å². The van der Waals surface area contributed by atoms with Crippen molar-refractivity contribution in [1.29, 1.82) is 0 Å². The van der Waals surface area contributed by atoms with Gasteiger partial charge in [-0.15, -0.1) is 0 Å². The maximum absolute atomic E-state index is 13.5. The molecular weight excluding hydrogens is 249 g/mol. The molecule has 0 heterocycles. The van der Waals surface area contributed by atoms with Crippen LogP contribution in [-0.2, 0) is 11.4 Å². The lowest BCUT2D eigenvalue weighted by molar-refractivity contribution is -0.123. The number of halogens is 1. The summed E-state index contributed by atoms with van der Waals surface area (Å²) in [7, 11) is 0. The summed E-state index contributed by atoms with van der Waals surface area (Å²) in [5.74, 6) is -0.767. The third-order valence-electron chi connectivity index (χ3n) is 3.26. The molecule has 0 bridgehead atoms. The number of carbonyl (C=O) groups excluding carboxylic acids is 1. The summed E-state index contributed by atoms with van der Waals surface area (Å²) < 4.78 is 18.7. The van der Waals surface area contributed by atoms with Gasteiger partial charge >= 0.3 is 0 Å². The predicted molar refractivity (Wildman–Crippen MR) is 68.2 cm³/mol. The molecule has 0 spiro atoms. The minimum Gasteiger partial charge on any atom is -0.481 e. The molecule has 0 atom stereocenters. The van der Waals surface area contributed by atoms with E-state index in [9.17, 15) is 9.18 Å². The van der Waals surface area contributed by atoms with Crippen LogP contribution < -0.4 is 10.1 Å². The number of rotatable bonds is 5. The highest BCUT2D eigenvalue weighted by atomic mass is 19.1. The van der Waals surface area contributed by atoms with Gasteiger partial charge in [0.05, 0.1) is 6.61 Å². The maximum Gasteiger partial charge on any atom is 0.258 e. The monoisotopic (exact) mass is 267 g/mol. The normalized spacial score (nSPS) is 15.5. The summed E-state index contributed by atoms with van der Waals surface area (Å²) in [5, 5.41) is 11.7. The Kier molecular flexibility index (Phi) is 4.74. The third kappa shape index (κ3) is 3.92. The van der Waals surface area contributed by atoms with Crippen molar-refractivity contribution in [3.05, 3.63) is 29.6 Å². The van der Waals surface area contributed by atoms with Gasteiger partial charge < -0.3 is 15.2 Å². The first-order valence-electron chi connectivity index (χ1n) is 6.50. The second-order valence-corrected chi connectivity index (χ2v) is 4.76. The number of carbonyl (C=O) groups is 1. The standard InChI is InChI=1S/C14H18FNO3/c15-12-7-10(8-17)5-6-13(12)19-9-14(18)16-11-3-1-2-4-11/h5-7,11,17H,1-4,8-9H2,(H,16,18). The summed E-state index contributed by atoms with van der Waals surface area (Å²) in [5.41, 5.74) is 0.472. The van der Waals surface area contributed by atoms with Gasteiger partial charge in [0.2, 0.25) is 0 Å². The van der Waals surface area contributed by atoms with Crippen molar-refractivity contribution in [1.82, 2.24) is 5.32 Å². The van der Waals surface area contributed by atoms with Crippen molar-refractivity contribution < 1.29 is 19.0 Å². The lowest BCUT2D eigenvalue weighted by atomic mass is 10.2. The number of benzene rings is 1. The molecule has 2 rings (SSSR count). The van der Waals surface area contributed by atoms with Crippen LogP contribution >= 0.6 is 0 Å². The van der Waals surface area contributed by atoms with E-state index in [1.807, 2.05) is 0 Å². The topological polar surface area (TPSA) is 58.6 Å². The van der Waals surface area contributed by atoms with Crippen LogP contribution in [0, 0.1) is 5.82 Å². The van der Waals surface area contributed by atoms with Gasteiger partial charge in [-0.05, 0) is 30.5 Å². The molecule has 0 radical (unpaired) electrons. The molecule has 1 aromatic carbocycles. The zero-order chi connectivity index (χ0) is 13.7. The van der Waals surface area contributed by atoms with Gasteiger partial charge in [0, 0.05) is 6.04 Å². The van der Waals surface area contributed by atoms with E-state index in [0.29, 0.717) is 5.56 Å². The Morgan fingerprint density at radius 2 is 2.16 bits per heavy atom. The van der Waals surface area contributed by atoms with Crippen LogP contribution in [0.1, 0.15) is 31.2 Å². The molecule has 1 amide bonds. The van der Waals surface area contributed by atoms with E-state index < -0.39 is 5.82 Å². The molecule has 0 aliphatic heterocycles. The van der Waals surface area contributed by atoms with Gasteiger partial charge in [0.15, 0.2) is 18.2 Å². The highest BCUT2D eigenvalue weighted by Crippen LogP contribution is 2.19. The van der Waals surface area contributed by atoms with Crippen molar-refractivity contribution in [2.75, 3.05) is 6.61 Å². The Labute approximate surface area is 111 Å². The number of hydrogen-bond acceptors (Lipinski definition) is 3. The summed E-state index contributed by atoms with van der Waals surface area (Å²) in [6, 6.07) is 4.42. The van der Waals surface area contributed by atoms with E-state index in [1.54, 1.807) is 6.07 Å². The van der Waals surface area contributed by atoms with Crippen LogP contribution in [0.15, 0.2) is 18.2 Å². The Morgan fingerprint density at radius 3 is 2.79 bits per heavy atom. The average Bonchev–Trinajstić information content (AvgIpc) is 2.90. The molecule has 1 aliphatic carbocycles. The second kappa shape index (κ2) is 6.52. The van der Waals surface area contributed by atoms with Gasteiger partial charge in [-0.2, -0.15) is 0 Å². The zero-order valence-electron chi connectivity index (χ0n) is 10.7. The van der Waals surface area contributed by atoms with Crippen LogP contribution in [0.2, 0.25) is 0 Å². The van der Waals surface area contributed by atoms with Crippen LogP contribution in [0.3, 0.4) is 0 Å². The van der Waals surface area contributed by atoms with E-state index in [1.165, 1.54) is 12.1 Å². The molecular formula is C14H18FNO3. The van der Waals surface area contributed by atoms with Gasteiger partial charge in [-0.25, -0.2) is 4.39 Å². The number of hydrogen-bond donors (Lipinski definition) is 2. The van der Waals surface area contributed by atoms with Crippen LogP contribution in [-0.4, -0.2) is 23.7 Å². The maximum atomic E-state index is 13.5. The molecule has 0 saturated heterocycles. The van der Waals surface area contributed by atoms with E-state index in [0.717, 1.165) is 25.7 Å². The molecule has 0 aromatic heterocycles. The van der Waals surface area contributed by atoms with Gasteiger partial charge in [0.1, 0.15) is 0 Å². The molecule has 1 aromatic rings. The number of ether oxygens (including phenoxy) is 1. The van der Waals surface area contributed by atoms with Crippen LogP contribution in [0.5, 0.6) is 5.75 Å². The molecule has 104 valence electrons. The molecule has 1 aliphatic rings. The fourth-order valence-corrected chi connectivity index (χ4v) is 2.24. The minimum atomic E-state index is -0.569. The fourth-order valence-electron chi connectivity index (χ4n) is 2.24. The number of amides is 1. The molecule has 19 heavy (non-hydrogen) atoms.